The molecule has 29 heavy (non-hydrogen) atoms. The van der Waals surface area contributed by atoms with Crippen LogP contribution in [-0.2, 0) is 23.3 Å². The quantitative estimate of drug-likeness (QED) is 0.346. The largest absolute Gasteiger partial charge is 0.464 e. The molecule has 7 nitrogen and oxygen atoms in total. The fraction of sp³-hybridized carbons (Fsp3) is 0.429. The summed E-state index contributed by atoms with van der Waals surface area (Å²) in [6, 6.07) is 8.98. The van der Waals surface area contributed by atoms with E-state index in [2.05, 4.69) is 24.6 Å². The Hall–Kier alpha value is -2.42. The number of rotatable bonds is 8. The van der Waals surface area contributed by atoms with E-state index in [0.29, 0.717) is 12.6 Å². The van der Waals surface area contributed by atoms with Crippen LogP contribution in [0, 0.1) is 0 Å². The van der Waals surface area contributed by atoms with Crippen molar-refractivity contribution in [3.05, 3.63) is 53.7 Å². The van der Waals surface area contributed by atoms with Gasteiger partial charge in [-0.15, -0.1) is 0 Å². The Morgan fingerprint density at radius 3 is 2.66 bits per heavy atom. The highest BCUT2D eigenvalue weighted by atomic mass is 28.3. The Balaban J connectivity index is 1.88. The number of carbonyl (C=O) groups is 1. The molecular formula is C21H29N3O4Si. The van der Waals surface area contributed by atoms with E-state index in [1.165, 1.54) is 7.11 Å². The van der Waals surface area contributed by atoms with Crippen LogP contribution in [0.4, 0.5) is 0 Å². The highest BCUT2D eigenvalue weighted by Crippen LogP contribution is 2.30. The van der Waals surface area contributed by atoms with Crippen LogP contribution in [0.25, 0.3) is 10.9 Å². The summed E-state index contributed by atoms with van der Waals surface area (Å²) >= 11 is 0. The molecule has 0 fully saturated rings. The van der Waals surface area contributed by atoms with E-state index in [1.54, 1.807) is 17.8 Å². The molecule has 0 saturated carbocycles. The zero-order chi connectivity index (χ0) is 21.2. The van der Waals surface area contributed by atoms with E-state index in [-0.39, 0.29) is 5.69 Å². The minimum absolute atomic E-state index is 0.169. The first-order valence-electron chi connectivity index (χ1n) is 9.66. The Morgan fingerprint density at radius 1 is 1.24 bits per heavy atom. The van der Waals surface area contributed by atoms with Crippen LogP contribution in [0.1, 0.15) is 28.0 Å². The summed E-state index contributed by atoms with van der Waals surface area (Å²) in [5, 5.41) is 12.0. The summed E-state index contributed by atoms with van der Waals surface area (Å²) in [5.41, 5.74) is 1.87. The summed E-state index contributed by atoms with van der Waals surface area (Å²) in [6.45, 7) is 8.12. The zero-order valence-corrected chi connectivity index (χ0v) is 18.7. The van der Waals surface area contributed by atoms with E-state index in [9.17, 15) is 9.90 Å². The highest BCUT2D eigenvalue weighted by Gasteiger charge is 2.23. The molecule has 0 amide bonds. The Morgan fingerprint density at radius 2 is 1.97 bits per heavy atom. The lowest BCUT2D eigenvalue weighted by atomic mass is 10.1. The molecule has 0 aliphatic rings. The maximum atomic E-state index is 11.8. The van der Waals surface area contributed by atoms with Gasteiger partial charge < -0.3 is 23.7 Å². The molecule has 8 heteroatoms. The maximum Gasteiger partial charge on any atom is 0.358 e. The summed E-state index contributed by atoms with van der Waals surface area (Å²) in [5.74, 6) is -0.148. The van der Waals surface area contributed by atoms with Crippen molar-refractivity contribution in [2.45, 2.75) is 38.5 Å². The van der Waals surface area contributed by atoms with Crippen molar-refractivity contribution < 1.29 is 19.4 Å². The van der Waals surface area contributed by atoms with Crippen LogP contribution in [0.2, 0.25) is 25.7 Å². The number of carbonyl (C=O) groups excluding carboxylic acids is 1. The van der Waals surface area contributed by atoms with E-state index < -0.39 is 20.1 Å². The molecule has 2 aromatic heterocycles. The number of para-hydroxylation sites is 1. The second kappa shape index (κ2) is 8.52. The fourth-order valence-electron chi connectivity index (χ4n) is 3.22. The smallest absolute Gasteiger partial charge is 0.358 e. The second-order valence-electron chi connectivity index (χ2n) is 8.41. The molecule has 0 bridgehead atoms. The summed E-state index contributed by atoms with van der Waals surface area (Å²) < 4.78 is 14.3. The number of esters is 1. The van der Waals surface area contributed by atoms with Crippen LogP contribution in [0.15, 0.2) is 36.7 Å². The predicted molar refractivity (Wildman–Crippen MR) is 115 cm³/mol. The number of hydrogen-bond acceptors (Lipinski definition) is 5. The molecule has 1 unspecified atom stereocenters. The number of methoxy groups -OCH3 is 1. The lowest BCUT2D eigenvalue weighted by molar-refractivity contribution is 0.0594. The molecule has 1 N–H and O–H groups in total. The number of aromatic nitrogens is 3. The Labute approximate surface area is 171 Å². The first-order valence-corrected chi connectivity index (χ1v) is 13.4. The number of benzene rings is 1. The van der Waals surface area contributed by atoms with E-state index in [1.807, 2.05) is 35.0 Å². The number of aliphatic hydroxyl groups excluding tert-OH is 1. The second-order valence-corrected chi connectivity index (χ2v) is 14.0. The topological polar surface area (TPSA) is 78.5 Å². The minimum atomic E-state index is -1.15. The van der Waals surface area contributed by atoms with Crippen LogP contribution < -0.4 is 0 Å². The number of hydrogen-bond donors (Lipinski definition) is 1. The molecule has 156 valence electrons. The third kappa shape index (κ3) is 4.77. The van der Waals surface area contributed by atoms with Crippen molar-refractivity contribution in [3.8, 4) is 0 Å². The van der Waals surface area contributed by atoms with Crippen molar-refractivity contribution in [1.29, 1.82) is 0 Å². The van der Waals surface area contributed by atoms with Gasteiger partial charge in [0.2, 0.25) is 0 Å². The third-order valence-electron chi connectivity index (χ3n) is 4.89. The molecule has 1 aromatic carbocycles. The fourth-order valence-corrected chi connectivity index (χ4v) is 3.97. The monoisotopic (exact) mass is 415 g/mol. The number of fused-ring (bicyclic) bond motifs is 1. The van der Waals surface area contributed by atoms with Crippen molar-refractivity contribution >= 4 is 24.9 Å². The van der Waals surface area contributed by atoms with Gasteiger partial charge in [-0.05, 0) is 12.1 Å². The van der Waals surface area contributed by atoms with Gasteiger partial charge >= 0.3 is 5.97 Å². The Bertz CT molecular complexity index is 1000. The van der Waals surface area contributed by atoms with Crippen LogP contribution >= 0.6 is 0 Å². The van der Waals surface area contributed by atoms with Gasteiger partial charge in [-0.1, -0.05) is 37.8 Å². The first-order chi connectivity index (χ1) is 13.7. The van der Waals surface area contributed by atoms with Gasteiger partial charge in [0.15, 0.2) is 5.69 Å². The van der Waals surface area contributed by atoms with Gasteiger partial charge in [0.25, 0.3) is 0 Å². The number of ether oxygens (including phenoxy) is 2. The first kappa shape index (κ1) is 21.3. The Kier molecular flexibility index (Phi) is 6.26. The number of aryl methyl sites for hydroxylation is 1. The van der Waals surface area contributed by atoms with Gasteiger partial charge in [-0.25, -0.2) is 9.78 Å². The standard InChI is InChI=1S/C21H29N3O4Si/c1-23-13-17(21(26)27-2)22-20(23)19(25)16-12-24(14-28-10-11-29(3,4)5)18-9-7-6-8-15(16)18/h6-9,12-13,19,25H,10-11,14H2,1-5H3. The zero-order valence-electron chi connectivity index (χ0n) is 17.7. The molecule has 0 aliphatic heterocycles. The number of nitrogens with zero attached hydrogens (tertiary/aromatic N) is 3. The summed E-state index contributed by atoms with van der Waals surface area (Å²) in [7, 11) is 1.91. The summed E-state index contributed by atoms with van der Waals surface area (Å²) in [6.07, 6.45) is 2.48. The molecule has 0 aliphatic carbocycles. The van der Waals surface area contributed by atoms with Crippen molar-refractivity contribution in [2.75, 3.05) is 13.7 Å². The van der Waals surface area contributed by atoms with Crippen molar-refractivity contribution in [1.82, 2.24) is 14.1 Å². The van der Waals surface area contributed by atoms with Crippen molar-refractivity contribution in [3.63, 3.8) is 0 Å². The number of aliphatic hydroxyl groups is 1. The molecule has 0 spiro atoms. The van der Waals surface area contributed by atoms with Gasteiger partial charge in [0.1, 0.15) is 18.7 Å². The molecule has 2 heterocycles. The van der Waals surface area contributed by atoms with Gasteiger partial charge in [-0.3, -0.25) is 0 Å². The average molecular weight is 416 g/mol. The van der Waals surface area contributed by atoms with Gasteiger partial charge in [0.05, 0.1) is 12.6 Å². The lowest BCUT2D eigenvalue weighted by Gasteiger charge is -2.15. The highest BCUT2D eigenvalue weighted by molar-refractivity contribution is 6.76. The van der Waals surface area contributed by atoms with Crippen LogP contribution in [0.5, 0.6) is 0 Å². The van der Waals surface area contributed by atoms with E-state index in [4.69, 9.17) is 9.47 Å². The van der Waals surface area contributed by atoms with Crippen molar-refractivity contribution in [2.24, 2.45) is 7.05 Å². The molecule has 3 aromatic rings. The SMILES string of the molecule is COC(=O)c1cn(C)c(C(O)c2cn(COCC[Si](C)(C)C)c3ccccc23)n1. The van der Waals surface area contributed by atoms with Crippen LogP contribution in [-0.4, -0.2) is 47.0 Å². The third-order valence-corrected chi connectivity index (χ3v) is 6.60. The van der Waals surface area contributed by atoms with E-state index >= 15 is 0 Å². The van der Waals surface area contributed by atoms with Crippen LogP contribution in [0.3, 0.4) is 0 Å². The lowest BCUT2D eigenvalue weighted by Crippen LogP contribution is -2.21. The normalized spacial score (nSPS) is 13.0. The van der Waals surface area contributed by atoms with E-state index in [0.717, 1.165) is 29.1 Å². The van der Waals surface area contributed by atoms with Gasteiger partial charge in [-0.2, -0.15) is 0 Å². The van der Waals surface area contributed by atoms with Gasteiger partial charge in [0, 0.05) is 45.1 Å². The average Bonchev–Trinajstić information content (AvgIpc) is 3.24. The molecular weight excluding hydrogens is 386 g/mol. The predicted octanol–water partition coefficient (Wildman–Crippen LogP) is 3.56. The minimum Gasteiger partial charge on any atom is -0.464 e. The molecule has 1 atom stereocenters. The maximum absolute atomic E-state index is 11.8. The molecule has 0 saturated heterocycles. The molecule has 0 radical (unpaired) electrons. The number of imidazole rings is 1. The summed E-state index contributed by atoms with van der Waals surface area (Å²) in [4.78, 5) is 16.1. The molecule has 3 rings (SSSR count).